The van der Waals surface area contributed by atoms with E-state index in [-0.39, 0.29) is 11.5 Å². The molecule has 8 nitrogen and oxygen atoms in total. The minimum Gasteiger partial charge on any atom is -0.451 e. The molecule has 0 spiro atoms. The Morgan fingerprint density at radius 2 is 1.88 bits per heavy atom. The molecule has 0 unspecified atom stereocenters. The first-order valence-corrected chi connectivity index (χ1v) is 7.81. The summed E-state index contributed by atoms with van der Waals surface area (Å²) in [5, 5.41) is 4.64. The lowest BCUT2D eigenvalue weighted by molar-refractivity contribution is -0.123. The molecule has 0 saturated heterocycles. The normalized spacial score (nSPS) is 10.1. The smallest absolute Gasteiger partial charge is 0.355 e. The van der Waals surface area contributed by atoms with E-state index in [0.717, 1.165) is 11.1 Å². The maximum atomic E-state index is 11.9. The van der Waals surface area contributed by atoms with Gasteiger partial charge in [0.05, 0.1) is 0 Å². The van der Waals surface area contributed by atoms with E-state index in [9.17, 15) is 19.2 Å². The minimum atomic E-state index is -0.803. The Kier molecular flexibility index (Phi) is 5.90. The van der Waals surface area contributed by atoms with E-state index < -0.39 is 24.5 Å². The number of ether oxygens (including phenoxy) is 1. The average Bonchev–Trinajstić information content (AvgIpc) is 3.07. The van der Waals surface area contributed by atoms with Crippen LogP contribution in [0.25, 0.3) is 0 Å². The molecule has 0 radical (unpaired) electrons. The van der Waals surface area contributed by atoms with Crippen molar-refractivity contribution in [2.24, 2.45) is 0 Å². The lowest BCUT2D eigenvalue weighted by atomic mass is 10.1. The number of anilines is 1. The van der Waals surface area contributed by atoms with Crippen molar-refractivity contribution in [3.63, 3.8) is 0 Å². The summed E-state index contributed by atoms with van der Waals surface area (Å²) in [6, 6.07) is 6.01. The Morgan fingerprint density at radius 1 is 1.15 bits per heavy atom. The number of ketones is 1. The van der Waals surface area contributed by atoms with E-state index in [1.807, 2.05) is 19.9 Å². The molecule has 0 fully saturated rings. The maximum absolute atomic E-state index is 11.9. The average molecular weight is 357 g/mol. The number of rotatable bonds is 5. The number of esters is 1. The summed E-state index contributed by atoms with van der Waals surface area (Å²) < 4.78 is 4.80. The van der Waals surface area contributed by atoms with Gasteiger partial charge in [-0.2, -0.15) is 0 Å². The second-order valence-corrected chi connectivity index (χ2v) is 5.68. The van der Waals surface area contributed by atoms with Gasteiger partial charge in [0, 0.05) is 17.4 Å². The SMILES string of the molecule is CC(=O)c1c[nH]c(C(=O)OCC(=O)NC(=O)Nc2cccc(C)c2C)c1. The van der Waals surface area contributed by atoms with Crippen LogP contribution in [0.4, 0.5) is 10.5 Å². The van der Waals surface area contributed by atoms with Gasteiger partial charge in [0.1, 0.15) is 5.69 Å². The van der Waals surface area contributed by atoms with E-state index in [1.165, 1.54) is 19.2 Å². The zero-order valence-electron chi connectivity index (χ0n) is 14.6. The fourth-order valence-corrected chi connectivity index (χ4v) is 2.13. The van der Waals surface area contributed by atoms with Crippen LogP contribution in [0.15, 0.2) is 30.5 Å². The van der Waals surface area contributed by atoms with Crippen LogP contribution in [0, 0.1) is 13.8 Å². The third kappa shape index (κ3) is 4.79. The number of aromatic amines is 1. The summed E-state index contributed by atoms with van der Waals surface area (Å²) in [6.07, 6.45) is 1.37. The number of aryl methyl sites for hydroxylation is 1. The molecule has 1 aromatic heterocycles. The third-order valence-electron chi connectivity index (χ3n) is 3.75. The van der Waals surface area contributed by atoms with E-state index in [0.29, 0.717) is 11.3 Å². The van der Waals surface area contributed by atoms with Crippen molar-refractivity contribution in [1.82, 2.24) is 10.3 Å². The lowest BCUT2D eigenvalue weighted by Crippen LogP contribution is -2.37. The lowest BCUT2D eigenvalue weighted by Gasteiger charge is -2.10. The number of aromatic nitrogens is 1. The molecular formula is C18H19N3O5. The fraction of sp³-hybridized carbons (Fsp3) is 0.222. The molecule has 2 aromatic rings. The number of imide groups is 1. The summed E-state index contributed by atoms with van der Waals surface area (Å²) in [6.45, 7) is 4.48. The van der Waals surface area contributed by atoms with Crippen LogP contribution < -0.4 is 10.6 Å². The van der Waals surface area contributed by atoms with Crippen LogP contribution in [0.3, 0.4) is 0 Å². The van der Waals surface area contributed by atoms with Gasteiger partial charge in [-0.05, 0) is 44.0 Å². The van der Waals surface area contributed by atoms with E-state index in [4.69, 9.17) is 4.74 Å². The molecule has 136 valence electrons. The van der Waals surface area contributed by atoms with Crippen LogP contribution >= 0.6 is 0 Å². The van der Waals surface area contributed by atoms with Gasteiger partial charge in [0.25, 0.3) is 5.91 Å². The number of urea groups is 1. The Balaban J connectivity index is 1.84. The Hall–Kier alpha value is -3.42. The van der Waals surface area contributed by atoms with Gasteiger partial charge in [-0.3, -0.25) is 14.9 Å². The topological polar surface area (TPSA) is 117 Å². The van der Waals surface area contributed by atoms with Gasteiger partial charge in [-0.1, -0.05) is 12.1 Å². The quantitative estimate of drug-likeness (QED) is 0.561. The maximum Gasteiger partial charge on any atom is 0.355 e. The second-order valence-electron chi connectivity index (χ2n) is 5.68. The first kappa shape index (κ1) is 18.9. The van der Waals surface area contributed by atoms with E-state index in [2.05, 4.69) is 15.6 Å². The molecular weight excluding hydrogens is 338 g/mol. The van der Waals surface area contributed by atoms with Gasteiger partial charge >= 0.3 is 12.0 Å². The molecule has 26 heavy (non-hydrogen) atoms. The number of nitrogens with one attached hydrogen (secondary N) is 3. The zero-order valence-corrected chi connectivity index (χ0v) is 14.6. The summed E-state index contributed by atoms with van der Waals surface area (Å²) in [5.41, 5.74) is 2.83. The van der Waals surface area contributed by atoms with Gasteiger partial charge in [-0.15, -0.1) is 0 Å². The molecule has 1 heterocycles. The molecule has 0 saturated carbocycles. The van der Waals surface area contributed by atoms with Crippen molar-refractivity contribution in [3.05, 3.63) is 52.8 Å². The van der Waals surface area contributed by atoms with Gasteiger partial charge in [0.15, 0.2) is 12.4 Å². The van der Waals surface area contributed by atoms with Crippen LogP contribution in [0.1, 0.15) is 38.9 Å². The largest absolute Gasteiger partial charge is 0.451 e. The van der Waals surface area contributed by atoms with Crippen molar-refractivity contribution >= 4 is 29.4 Å². The molecule has 0 atom stereocenters. The minimum absolute atomic E-state index is 0.0443. The van der Waals surface area contributed by atoms with Crippen LogP contribution in [-0.2, 0) is 9.53 Å². The molecule has 3 amide bonds. The predicted octanol–water partition coefficient (Wildman–Crippen LogP) is 2.34. The van der Waals surface area contributed by atoms with Crippen molar-refractivity contribution in [2.75, 3.05) is 11.9 Å². The molecule has 3 N–H and O–H groups in total. The van der Waals surface area contributed by atoms with E-state index >= 15 is 0 Å². The fourth-order valence-electron chi connectivity index (χ4n) is 2.13. The predicted molar refractivity (Wildman–Crippen MR) is 94.2 cm³/mol. The first-order valence-electron chi connectivity index (χ1n) is 7.81. The molecule has 2 rings (SSSR count). The summed E-state index contributed by atoms with van der Waals surface area (Å²) in [5.74, 6) is -1.79. The Labute approximate surface area is 149 Å². The number of carbonyl (C=O) groups excluding carboxylic acids is 4. The highest BCUT2D eigenvalue weighted by Gasteiger charge is 2.15. The Morgan fingerprint density at radius 3 is 2.54 bits per heavy atom. The van der Waals surface area contributed by atoms with Gasteiger partial charge < -0.3 is 15.0 Å². The monoisotopic (exact) mass is 357 g/mol. The number of hydrogen-bond donors (Lipinski definition) is 3. The number of hydrogen-bond acceptors (Lipinski definition) is 5. The number of H-pyrrole nitrogens is 1. The molecule has 0 bridgehead atoms. The van der Waals surface area contributed by atoms with Crippen molar-refractivity contribution in [3.8, 4) is 0 Å². The third-order valence-corrected chi connectivity index (χ3v) is 3.75. The van der Waals surface area contributed by atoms with Crippen LogP contribution in [0.2, 0.25) is 0 Å². The van der Waals surface area contributed by atoms with Crippen molar-refractivity contribution in [2.45, 2.75) is 20.8 Å². The number of carbonyl (C=O) groups is 4. The van der Waals surface area contributed by atoms with Gasteiger partial charge in [-0.25, -0.2) is 9.59 Å². The standard InChI is InChI=1S/C18H19N3O5/c1-10-5-4-6-14(11(10)2)20-18(25)21-16(23)9-26-17(24)15-7-13(8-19-15)12(3)22/h4-8,19H,9H2,1-3H3,(H2,20,21,23,25). The highest BCUT2D eigenvalue weighted by Crippen LogP contribution is 2.17. The van der Waals surface area contributed by atoms with E-state index in [1.54, 1.807) is 12.1 Å². The molecule has 8 heteroatoms. The van der Waals surface area contributed by atoms with Crippen LogP contribution in [0.5, 0.6) is 0 Å². The molecule has 0 aliphatic carbocycles. The summed E-state index contributed by atoms with van der Waals surface area (Å²) in [7, 11) is 0. The molecule has 1 aromatic carbocycles. The highest BCUT2D eigenvalue weighted by molar-refractivity contribution is 6.03. The summed E-state index contributed by atoms with van der Waals surface area (Å²) >= 11 is 0. The number of amides is 3. The second kappa shape index (κ2) is 8.11. The van der Waals surface area contributed by atoms with Gasteiger partial charge in [0.2, 0.25) is 0 Å². The van der Waals surface area contributed by atoms with Crippen LogP contribution in [-0.4, -0.2) is 35.3 Å². The molecule has 0 aliphatic heterocycles. The molecule has 0 aliphatic rings. The Bertz CT molecular complexity index is 869. The number of benzene rings is 1. The van der Waals surface area contributed by atoms with Crippen molar-refractivity contribution in [1.29, 1.82) is 0 Å². The zero-order chi connectivity index (χ0) is 19.3. The summed E-state index contributed by atoms with van der Waals surface area (Å²) in [4.78, 5) is 49.2. The van der Waals surface area contributed by atoms with Crippen molar-refractivity contribution < 1.29 is 23.9 Å². The highest BCUT2D eigenvalue weighted by atomic mass is 16.5. The first-order chi connectivity index (χ1) is 12.3. The number of Topliss-reactive ketones (excluding diaryl/α,β-unsaturated/α-hetero) is 1.